The summed E-state index contributed by atoms with van der Waals surface area (Å²) >= 11 is 0. The SMILES string of the molecule is CCCN1CCN(c2ncc(CNC3CC3)c(C)n2)CC1. The zero-order valence-corrected chi connectivity index (χ0v) is 13.3. The van der Waals surface area contributed by atoms with E-state index in [0.717, 1.165) is 50.4 Å². The molecule has 0 radical (unpaired) electrons. The molecule has 21 heavy (non-hydrogen) atoms. The van der Waals surface area contributed by atoms with Gasteiger partial charge in [-0.2, -0.15) is 0 Å². The lowest BCUT2D eigenvalue weighted by atomic mass is 10.2. The van der Waals surface area contributed by atoms with Gasteiger partial charge >= 0.3 is 0 Å². The molecule has 2 heterocycles. The van der Waals surface area contributed by atoms with Gasteiger partial charge in [0.05, 0.1) is 0 Å². The van der Waals surface area contributed by atoms with Gasteiger partial charge in [-0.05, 0) is 32.7 Å². The molecule has 3 rings (SSSR count). The third-order valence-corrected chi connectivity index (χ3v) is 4.42. The van der Waals surface area contributed by atoms with Gasteiger partial charge in [-0.1, -0.05) is 6.92 Å². The van der Waals surface area contributed by atoms with E-state index >= 15 is 0 Å². The van der Waals surface area contributed by atoms with E-state index in [-0.39, 0.29) is 0 Å². The molecule has 2 fully saturated rings. The molecule has 5 nitrogen and oxygen atoms in total. The van der Waals surface area contributed by atoms with Crippen molar-refractivity contribution in [3.05, 3.63) is 17.5 Å². The second-order valence-electron chi connectivity index (χ2n) is 6.26. The highest BCUT2D eigenvalue weighted by molar-refractivity contribution is 5.33. The van der Waals surface area contributed by atoms with Gasteiger partial charge < -0.3 is 10.2 Å². The predicted octanol–water partition coefficient (Wildman–Crippen LogP) is 1.57. The molecular formula is C16H27N5. The standard InChI is InChI=1S/C16H27N5/c1-3-6-20-7-9-21(10-8-20)16-18-12-14(13(2)19-16)11-17-15-4-5-15/h12,15,17H,3-11H2,1-2H3. The highest BCUT2D eigenvalue weighted by Crippen LogP contribution is 2.20. The highest BCUT2D eigenvalue weighted by atomic mass is 15.3. The minimum absolute atomic E-state index is 0.732. The fourth-order valence-electron chi connectivity index (χ4n) is 2.84. The van der Waals surface area contributed by atoms with Gasteiger partial charge in [-0.15, -0.1) is 0 Å². The third kappa shape index (κ3) is 3.92. The number of anilines is 1. The van der Waals surface area contributed by atoms with Gasteiger partial charge in [0, 0.05) is 56.2 Å². The third-order valence-electron chi connectivity index (χ3n) is 4.42. The van der Waals surface area contributed by atoms with Crippen LogP contribution in [0.4, 0.5) is 5.95 Å². The van der Waals surface area contributed by atoms with Gasteiger partial charge in [-0.3, -0.25) is 4.90 Å². The van der Waals surface area contributed by atoms with Gasteiger partial charge in [0.25, 0.3) is 0 Å². The fraction of sp³-hybridized carbons (Fsp3) is 0.750. The highest BCUT2D eigenvalue weighted by Gasteiger charge is 2.21. The van der Waals surface area contributed by atoms with Crippen molar-refractivity contribution >= 4 is 5.95 Å². The minimum atomic E-state index is 0.732. The summed E-state index contributed by atoms with van der Waals surface area (Å²) in [6.45, 7) is 10.8. The molecule has 5 heteroatoms. The summed E-state index contributed by atoms with van der Waals surface area (Å²) in [5.41, 5.74) is 2.35. The molecule has 0 bridgehead atoms. The van der Waals surface area contributed by atoms with Gasteiger partial charge in [0.2, 0.25) is 5.95 Å². The van der Waals surface area contributed by atoms with Crippen LogP contribution < -0.4 is 10.2 Å². The number of piperazine rings is 1. The van der Waals surface area contributed by atoms with Crippen molar-refractivity contribution in [3.8, 4) is 0 Å². The first-order valence-corrected chi connectivity index (χ1v) is 8.29. The normalized spacial score (nSPS) is 20.0. The largest absolute Gasteiger partial charge is 0.338 e. The van der Waals surface area contributed by atoms with Gasteiger partial charge in [-0.25, -0.2) is 9.97 Å². The fourth-order valence-corrected chi connectivity index (χ4v) is 2.84. The van der Waals surface area contributed by atoms with Crippen LogP contribution in [0.15, 0.2) is 6.20 Å². The van der Waals surface area contributed by atoms with E-state index in [1.807, 2.05) is 6.20 Å². The first kappa shape index (κ1) is 14.7. The van der Waals surface area contributed by atoms with Crippen molar-refractivity contribution in [1.29, 1.82) is 0 Å². The number of nitrogens with one attached hydrogen (secondary N) is 1. The monoisotopic (exact) mass is 289 g/mol. The Hall–Kier alpha value is -1.20. The molecule has 0 atom stereocenters. The van der Waals surface area contributed by atoms with Crippen LogP contribution in [0.25, 0.3) is 0 Å². The van der Waals surface area contributed by atoms with Crippen LogP contribution in [0.3, 0.4) is 0 Å². The van der Waals surface area contributed by atoms with Crippen LogP contribution in [0.5, 0.6) is 0 Å². The number of rotatable bonds is 6. The van der Waals surface area contributed by atoms with E-state index in [1.54, 1.807) is 0 Å². The average Bonchev–Trinajstić information content (AvgIpc) is 3.31. The summed E-state index contributed by atoms with van der Waals surface area (Å²) < 4.78 is 0. The molecule has 1 aliphatic carbocycles. The predicted molar refractivity (Wildman–Crippen MR) is 85.6 cm³/mol. The molecule has 1 saturated heterocycles. The van der Waals surface area contributed by atoms with E-state index < -0.39 is 0 Å². The molecule has 1 aromatic rings. The molecule has 0 unspecified atom stereocenters. The van der Waals surface area contributed by atoms with Gasteiger partial charge in [0.15, 0.2) is 0 Å². The number of aromatic nitrogens is 2. The van der Waals surface area contributed by atoms with E-state index in [0.29, 0.717) is 0 Å². The maximum atomic E-state index is 4.72. The Morgan fingerprint density at radius 2 is 2.00 bits per heavy atom. The first-order chi connectivity index (χ1) is 10.3. The molecule has 1 aliphatic heterocycles. The van der Waals surface area contributed by atoms with Crippen LogP contribution in [0.1, 0.15) is 37.4 Å². The number of aryl methyl sites for hydroxylation is 1. The summed E-state index contributed by atoms with van der Waals surface area (Å²) in [6, 6.07) is 0.732. The Morgan fingerprint density at radius 1 is 1.24 bits per heavy atom. The number of nitrogens with zero attached hydrogens (tertiary/aromatic N) is 4. The summed E-state index contributed by atoms with van der Waals surface area (Å²) in [6.07, 6.45) is 5.88. The van der Waals surface area contributed by atoms with E-state index in [2.05, 4.69) is 33.9 Å². The molecule has 2 aliphatic rings. The Kier molecular flexibility index (Phi) is 4.70. The summed E-state index contributed by atoms with van der Waals surface area (Å²) in [5.74, 6) is 0.902. The smallest absolute Gasteiger partial charge is 0.225 e. The lowest BCUT2D eigenvalue weighted by Crippen LogP contribution is -2.47. The minimum Gasteiger partial charge on any atom is -0.338 e. The van der Waals surface area contributed by atoms with Gasteiger partial charge in [0.1, 0.15) is 0 Å². The van der Waals surface area contributed by atoms with Crippen molar-refractivity contribution < 1.29 is 0 Å². The topological polar surface area (TPSA) is 44.3 Å². The van der Waals surface area contributed by atoms with Crippen LogP contribution in [0.2, 0.25) is 0 Å². The second-order valence-corrected chi connectivity index (χ2v) is 6.26. The molecule has 1 N–H and O–H groups in total. The van der Waals surface area contributed by atoms with Crippen molar-refractivity contribution in [1.82, 2.24) is 20.2 Å². The molecule has 1 aromatic heterocycles. The maximum Gasteiger partial charge on any atom is 0.225 e. The molecule has 116 valence electrons. The van der Waals surface area contributed by atoms with E-state index in [4.69, 9.17) is 4.98 Å². The summed E-state index contributed by atoms with van der Waals surface area (Å²) in [7, 11) is 0. The van der Waals surface area contributed by atoms with Crippen LogP contribution in [0, 0.1) is 6.92 Å². The van der Waals surface area contributed by atoms with Crippen molar-refractivity contribution in [2.75, 3.05) is 37.6 Å². The zero-order valence-electron chi connectivity index (χ0n) is 13.3. The van der Waals surface area contributed by atoms with Crippen molar-refractivity contribution in [2.45, 2.75) is 45.7 Å². The second kappa shape index (κ2) is 6.71. The van der Waals surface area contributed by atoms with Crippen LogP contribution in [-0.4, -0.2) is 53.6 Å². The summed E-state index contributed by atoms with van der Waals surface area (Å²) in [5, 5.41) is 3.53. The summed E-state index contributed by atoms with van der Waals surface area (Å²) in [4.78, 5) is 14.2. The molecule has 1 saturated carbocycles. The van der Waals surface area contributed by atoms with E-state index in [9.17, 15) is 0 Å². The molecular weight excluding hydrogens is 262 g/mol. The quantitative estimate of drug-likeness (QED) is 0.861. The Labute approximate surface area is 127 Å². The molecule has 0 aromatic carbocycles. The molecule has 0 amide bonds. The Balaban J connectivity index is 1.57. The van der Waals surface area contributed by atoms with E-state index in [1.165, 1.54) is 31.4 Å². The lowest BCUT2D eigenvalue weighted by Gasteiger charge is -2.34. The zero-order chi connectivity index (χ0) is 14.7. The first-order valence-electron chi connectivity index (χ1n) is 8.29. The van der Waals surface area contributed by atoms with Crippen LogP contribution in [-0.2, 0) is 6.54 Å². The number of hydrogen-bond acceptors (Lipinski definition) is 5. The number of hydrogen-bond donors (Lipinski definition) is 1. The average molecular weight is 289 g/mol. The Bertz CT molecular complexity index is 464. The van der Waals surface area contributed by atoms with Crippen LogP contribution >= 0.6 is 0 Å². The maximum absolute atomic E-state index is 4.72. The lowest BCUT2D eigenvalue weighted by molar-refractivity contribution is 0.257. The van der Waals surface area contributed by atoms with Crippen molar-refractivity contribution in [2.24, 2.45) is 0 Å². The van der Waals surface area contributed by atoms with Crippen molar-refractivity contribution in [3.63, 3.8) is 0 Å². The molecule has 0 spiro atoms. The Morgan fingerprint density at radius 3 is 2.62 bits per heavy atom.